The lowest BCUT2D eigenvalue weighted by Gasteiger charge is -2.33. The minimum Gasteiger partial charge on any atom is -0.351 e. The quantitative estimate of drug-likeness (QED) is 0.818. The molecule has 5 nitrogen and oxygen atoms in total. The smallest absolute Gasteiger partial charge is 0.264 e. The molecule has 0 spiro atoms. The molecule has 1 aromatic rings. The summed E-state index contributed by atoms with van der Waals surface area (Å²) >= 11 is 1.17. The molecule has 6 heteroatoms. The van der Waals surface area contributed by atoms with E-state index in [-0.39, 0.29) is 5.91 Å². The predicted octanol–water partition coefficient (Wildman–Crippen LogP) is 2.64. The van der Waals surface area contributed by atoms with Crippen LogP contribution in [0.15, 0.2) is 11.6 Å². The zero-order valence-corrected chi connectivity index (χ0v) is 14.6. The van der Waals surface area contributed by atoms with Crippen LogP contribution in [0.2, 0.25) is 0 Å². The highest BCUT2D eigenvalue weighted by Crippen LogP contribution is 2.20. The monoisotopic (exact) mass is 322 g/mol. The van der Waals surface area contributed by atoms with Crippen LogP contribution in [0, 0.1) is 12.8 Å². The first-order valence-electron chi connectivity index (χ1n) is 8.01. The average molecular weight is 322 g/mol. The molecule has 1 atom stereocenters. The number of allylic oxidation sites excluding steroid dienone is 1. The molecule has 1 fully saturated rings. The lowest BCUT2D eigenvalue weighted by Crippen LogP contribution is -2.38. The molecular formula is C16H26N4OS. The van der Waals surface area contributed by atoms with Crippen LogP contribution in [-0.2, 0) is 0 Å². The number of nitrogens with zero attached hydrogens (tertiary/aromatic N) is 3. The molecule has 0 bridgehead atoms. The van der Waals surface area contributed by atoms with Gasteiger partial charge in [0.05, 0.1) is 5.69 Å². The van der Waals surface area contributed by atoms with Gasteiger partial charge in [0.25, 0.3) is 5.91 Å². The van der Waals surface area contributed by atoms with Crippen molar-refractivity contribution in [3.05, 3.63) is 22.2 Å². The minimum absolute atomic E-state index is 0.0371. The van der Waals surface area contributed by atoms with E-state index < -0.39 is 0 Å². The van der Waals surface area contributed by atoms with Crippen LogP contribution >= 0.6 is 11.5 Å². The van der Waals surface area contributed by atoms with E-state index in [2.05, 4.69) is 39.7 Å². The van der Waals surface area contributed by atoms with Crippen molar-refractivity contribution in [1.82, 2.24) is 19.8 Å². The van der Waals surface area contributed by atoms with Crippen LogP contribution in [0.5, 0.6) is 0 Å². The van der Waals surface area contributed by atoms with Crippen molar-refractivity contribution >= 4 is 17.4 Å². The number of piperidine rings is 1. The van der Waals surface area contributed by atoms with Crippen LogP contribution in [0.1, 0.15) is 48.5 Å². The predicted molar refractivity (Wildman–Crippen MR) is 90.2 cm³/mol. The Balaban J connectivity index is 1.72. The van der Waals surface area contributed by atoms with Crippen molar-refractivity contribution < 1.29 is 4.79 Å². The second kappa shape index (κ2) is 8.39. The van der Waals surface area contributed by atoms with Gasteiger partial charge in [-0.2, -0.15) is 0 Å². The molecule has 2 rings (SSSR count). The van der Waals surface area contributed by atoms with Crippen molar-refractivity contribution in [3.63, 3.8) is 0 Å². The summed E-state index contributed by atoms with van der Waals surface area (Å²) in [5.74, 6) is 0.643. The molecule has 1 aliphatic heterocycles. The summed E-state index contributed by atoms with van der Waals surface area (Å²) in [6.07, 6.45) is 5.76. The molecule has 22 heavy (non-hydrogen) atoms. The molecule has 0 radical (unpaired) electrons. The highest BCUT2D eigenvalue weighted by molar-refractivity contribution is 7.07. The maximum Gasteiger partial charge on any atom is 0.264 e. The molecular weight excluding hydrogens is 296 g/mol. The van der Waals surface area contributed by atoms with Gasteiger partial charge in [0.15, 0.2) is 0 Å². The number of rotatable bonds is 6. The molecule has 1 aliphatic rings. The van der Waals surface area contributed by atoms with Gasteiger partial charge in [-0.3, -0.25) is 9.69 Å². The van der Waals surface area contributed by atoms with E-state index >= 15 is 0 Å². The maximum atomic E-state index is 12.0. The van der Waals surface area contributed by atoms with Gasteiger partial charge < -0.3 is 5.32 Å². The van der Waals surface area contributed by atoms with Gasteiger partial charge in [0, 0.05) is 19.6 Å². The Hall–Kier alpha value is -1.27. The maximum absolute atomic E-state index is 12.0. The van der Waals surface area contributed by atoms with Crippen molar-refractivity contribution in [3.8, 4) is 0 Å². The summed E-state index contributed by atoms with van der Waals surface area (Å²) in [4.78, 5) is 15.2. The molecule has 0 saturated carbocycles. The SMILES string of the molecule is C/C=C(\C)CN1CCC[C@H](CCNC(=O)c2snnc2C)C1. The summed E-state index contributed by atoms with van der Waals surface area (Å²) in [5.41, 5.74) is 2.15. The summed E-state index contributed by atoms with van der Waals surface area (Å²) in [6, 6.07) is 0. The zero-order valence-electron chi connectivity index (χ0n) is 13.8. The van der Waals surface area contributed by atoms with E-state index in [4.69, 9.17) is 0 Å². The summed E-state index contributed by atoms with van der Waals surface area (Å²) < 4.78 is 3.81. The Labute approximate surface area is 137 Å². The first kappa shape index (κ1) is 17.1. The highest BCUT2D eigenvalue weighted by Gasteiger charge is 2.20. The van der Waals surface area contributed by atoms with Gasteiger partial charge in [-0.1, -0.05) is 16.1 Å². The lowest BCUT2D eigenvalue weighted by atomic mass is 9.94. The molecule has 1 N–H and O–H groups in total. The fourth-order valence-corrected chi connectivity index (χ4v) is 3.46. The Bertz CT molecular complexity index is 526. The average Bonchev–Trinajstić information content (AvgIpc) is 2.93. The van der Waals surface area contributed by atoms with Crippen molar-refractivity contribution in [2.24, 2.45) is 5.92 Å². The van der Waals surface area contributed by atoms with Gasteiger partial charge in [0.1, 0.15) is 4.88 Å². The topological polar surface area (TPSA) is 58.1 Å². The van der Waals surface area contributed by atoms with Crippen LogP contribution < -0.4 is 5.32 Å². The molecule has 0 unspecified atom stereocenters. The first-order chi connectivity index (χ1) is 10.6. The summed E-state index contributed by atoms with van der Waals surface area (Å²) in [7, 11) is 0. The van der Waals surface area contributed by atoms with Crippen molar-refractivity contribution in [2.75, 3.05) is 26.2 Å². The second-order valence-corrected chi connectivity index (χ2v) is 6.86. The number of carbonyl (C=O) groups excluding carboxylic acids is 1. The number of aromatic nitrogens is 2. The second-order valence-electron chi connectivity index (χ2n) is 6.11. The fraction of sp³-hybridized carbons (Fsp3) is 0.688. The molecule has 2 heterocycles. The molecule has 1 aromatic heterocycles. The normalized spacial score (nSPS) is 20.1. The van der Waals surface area contributed by atoms with E-state index in [9.17, 15) is 4.79 Å². The summed E-state index contributed by atoms with van der Waals surface area (Å²) in [6.45, 7) is 10.3. The third-order valence-corrected chi connectivity index (χ3v) is 5.09. The first-order valence-corrected chi connectivity index (χ1v) is 8.78. The van der Waals surface area contributed by atoms with Gasteiger partial charge in [-0.15, -0.1) is 5.10 Å². The Morgan fingerprint density at radius 1 is 1.55 bits per heavy atom. The Morgan fingerprint density at radius 2 is 2.36 bits per heavy atom. The molecule has 0 aliphatic carbocycles. The third-order valence-electron chi connectivity index (χ3n) is 4.26. The van der Waals surface area contributed by atoms with E-state index in [1.165, 1.54) is 36.5 Å². The number of likely N-dealkylation sites (tertiary alicyclic amines) is 1. The van der Waals surface area contributed by atoms with E-state index in [0.717, 1.165) is 26.1 Å². The van der Waals surface area contributed by atoms with Crippen LogP contribution in [0.4, 0.5) is 0 Å². The van der Waals surface area contributed by atoms with E-state index in [1.54, 1.807) is 0 Å². The number of hydrogen-bond donors (Lipinski definition) is 1. The third kappa shape index (κ3) is 4.88. The van der Waals surface area contributed by atoms with Crippen molar-refractivity contribution in [1.29, 1.82) is 0 Å². The minimum atomic E-state index is -0.0371. The number of aryl methyl sites for hydroxylation is 1. The molecule has 122 valence electrons. The van der Waals surface area contributed by atoms with Crippen LogP contribution in [0.25, 0.3) is 0 Å². The van der Waals surface area contributed by atoms with Gasteiger partial charge in [-0.25, -0.2) is 0 Å². The Morgan fingerprint density at radius 3 is 3.05 bits per heavy atom. The molecule has 1 saturated heterocycles. The standard InChI is InChI=1S/C16H26N4OS/c1-4-12(2)10-20-9-5-6-14(11-20)7-8-17-16(21)15-13(3)18-19-22-15/h4,14H,5-11H2,1-3H3,(H,17,21)/b12-4+/t14-/m1/s1. The summed E-state index contributed by atoms with van der Waals surface area (Å²) in [5, 5.41) is 6.88. The zero-order chi connectivity index (χ0) is 15.9. The van der Waals surface area contributed by atoms with Crippen LogP contribution in [-0.4, -0.2) is 46.6 Å². The van der Waals surface area contributed by atoms with Crippen LogP contribution in [0.3, 0.4) is 0 Å². The number of nitrogens with one attached hydrogen (secondary N) is 1. The van der Waals surface area contributed by atoms with E-state index in [1.807, 2.05) is 6.92 Å². The fourth-order valence-electron chi connectivity index (χ4n) is 2.88. The lowest BCUT2D eigenvalue weighted by molar-refractivity contribution is 0.0950. The van der Waals surface area contributed by atoms with E-state index in [0.29, 0.717) is 16.5 Å². The van der Waals surface area contributed by atoms with Gasteiger partial charge in [0.2, 0.25) is 0 Å². The number of hydrogen-bond acceptors (Lipinski definition) is 5. The molecule has 0 aromatic carbocycles. The van der Waals surface area contributed by atoms with Gasteiger partial charge >= 0.3 is 0 Å². The van der Waals surface area contributed by atoms with Gasteiger partial charge in [-0.05, 0) is 64.0 Å². The highest BCUT2D eigenvalue weighted by atomic mass is 32.1. The number of amides is 1. The molecule has 1 amide bonds. The van der Waals surface area contributed by atoms with Crippen molar-refractivity contribution in [2.45, 2.75) is 40.0 Å². The Kier molecular flexibility index (Phi) is 6.51. The number of carbonyl (C=O) groups is 1. The largest absolute Gasteiger partial charge is 0.351 e.